The Kier molecular flexibility index (Phi) is 3.17. The van der Waals surface area contributed by atoms with Gasteiger partial charge in [0.15, 0.2) is 0 Å². The summed E-state index contributed by atoms with van der Waals surface area (Å²) >= 11 is 0. The van der Waals surface area contributed by atoms with E-state index in [0.29, 0.717) is 12.8 Å². The third-order valence-corrected chi connectivity index (χ3v) is 3.91. The number of esters is 1. The summed E-state index contributed by atoms with van der Waals surface area (Å²) in [6.45, 7) is 0. The van der Waals surface area contributed by atoms with Crippen LogP contribution < -0.4 is 5.32 Å². The Morgan fingerprint density at radius 3 is 2.25 bits per heavy atom. The third-order valence-electron chi connectivity index (χ3n) is 3.91. The van der Waals surface area contributed by atoms with Crippen molar-refractivity contribution in [2.75, 3.05) is 7.11 Å². The summed E-state index contributed by atoms with van der Waals surface area (Å²) in [4.78, 5) is 23.7. The highest BCUT2D eigenvalue weighted by Crippen LogP contribution is 2.42. The Hall–Kier alpha value is -1.06. The number of ether oxygens (including phenoxy) is 1. The van der Waals surface area contributed by atoms with Gasteiger partial charge in [-0.1, -0.05) is 19.3 Å². The predicted molar refractivity (Wildman–Crippen MR) is 58.7 cm³/mol. The molecule has 0 radical (unpaired) electrons. The molecule has 0 bridgehead atoms. The molecule has 0 aromatic rings. The SMILES string of the molecule is COC(=O)C1(C(=O)NC2CCCC2)CCC1. The van der Waals surface area contributed by atoms with E-state index in [-0.39, 0.29) is 17.9 Å². The lowest BCUT2D eigenvalue weighted by molar-refractivity contribution is -0.165. The Morgan fingerprint density at radius 1 is 1.19 bits per heavy atom. The van der Waals surface area contributed by atoms with E-state index < -0.39 is 5.41 Å². The summed E-state index contributed by atoms with van der Waals surface area (Å²) in [6.07, 6.45) is 6.65. The molecule has 16 heavy (non-hydrogen) atoms. The lowest BCUT2D eigenvalue weighted by Crippen LogP contribution is -2.53. The van der Waals surface area contributed by atoms with E-state index in [0.717, 1.165) is 19.3 Å². The second-order valence-electron chi connectivity index (χ2n) is 4.88. The van der Waals surface area contributed by atoms with E-state index >= 15 is 0 Å². The van der Waals surface area contributed by atoms with Crippen molar-refractivity contribution in [1.82, 2.24) is 5.32 Å². The number of nitrogens with one attached hydrogen (secondary N) is 1. The van der Waals surface area contributed by atoms with Gasteiger partial charge in [-0.05, 0) is 25.7 Å². The Morgan fingerprint density at radius 2 is 1.81 bits per heavy atom. The first-order valence-corrected chi connectivity index (χ1v) is 6.08. The van der Waals surface area contributed by atoms with Crippen LogP contribution in [0.15, 0.2) is 0 Å². The van der Waals surface area contributed by atoms with Gasteiger partial charge < -0.3 is 10.1 Å². The molecule has 0 atom stereocenters. The maximum Gasteiger partial charge on any atom is 0.321 e. The van der Waals surface area contributed by atoms with Crippen LogP contribution in [0.3, 0.4) is 0 Å². The molecule has 4 nitrogen and oxygen atoms in total. The van der Waals surface area contributed by atoms with Gasteiger partial charge in [0.25, 0.3) is 0 Å². The topological polar surface area (TPSA) is 55.4 Å². The third kappa shape index (κ3) is 1.81. The second kappa shape index (κ2) is 4.44. The van der Waals surface area contributed by atoms with Crippen molar-refractivity contribution in [1.29, 1.82) is 0 Å². The van der Waals surface area contributed by atoms with Gasteiger partial charge >= 0.3 is 5.97 Å². The normalized spacial score (nSPS) is 23.6. The van der Waals surface area contributed by atoms with Crippen LogP contribution in [-0.4, -0.2) is 25.0 Å². The summed E-state index contributed by atoms with van der Waals surface area (Å²) in [6, 6.07) is 0.273. The summed E-state index contributed by atoms with van der Waals surface area (Å²) in [7, 11) is 1.35. The van der Waals surface area contributed by atoms with Crippen molar-refractivity contribution in [3.63, 3.8) is 0 Å². The van der Waals surface area contributed by atoms with Crippen molar-refractivity contribution < 1.29 is 14.3 Å². The van der Waals surface area contributed by atoms with E-state index in [1.54, 1.807) is 0 Å². The van der Waals surface area contributed by atoms with Gasteiger partial charge in [0.05, 0.1) is 7.11 Å². The fraction of sp³-hybridized carbons (Fsp3) is 0.833. The maximum atomic E-state index is 12.1. The molecule has 90 valence electrons. The zero-order valence-electron chi connectivity index (χ0n) is 9.75. The number of hydrogen-bond acceptors (Lipinski definition) is 3. The van der Waals surface area contributed by atoms with Gasteiger partial charge in [-0.3, -0.25) is 9.59 Å². The van der Waals surface area contributed by atoms with Gasteiger partial charge in [0.2, 0.25) is 5.91 Å². The lowest BCUT2D eigenvalue weighted by atomic mass is 9.68. The van der Waals surface area contributed by atoms with E-state index in [1.165, 1.54) is 20.0 Å². The highest BCUT2D eigenvalue weighted by atomic mass is 16.5. The molecule has 2 rings (SSSR count). The molecular formula is C12H19NO3. The van der Waals surface area contributed by atoms with E-state index in [1.807, 2.05) is 0 Å². The molecule has 2 aliphatic carbocycles. The first kappa shape index (κ1) is 11.4. The Labute approximate surface area is 95.7 Å². The minimum absolute atomic E-state index is 0.113. The molecule has 0 heterocycles. The zero-order valence-corrected chi connectivity index (χ0v) is 9.75. The number of carbonyl (C=O) groups is 2. The number of rotatable bonds is 3. The van der Waals surface area contributed by atoms with Crippen LogP contribution in [0.25, 0.3) is 0 Å². The van der Waals surface area contributed by atoms with Gasteiger partial charge in [-0.2, -0.15) is 0 Å². The van der Waals surface area contributed by atoms with Crippen LogP contribution in [0, 0.1) is 5.41 Å². The molecule has 0 saturated heterocycles. The maximum absolute atomic E-state index is 12.1. The number of carbonyl (C=O) groups excluding carboxylic acids is 2. The largest absolute Gasteiger partial charge is 0.468 e. The smallest absolute Gasteiger partial charge is 0.321 e. The van der Waals surface area contributed by atoms with Crippen LogP contribution >= 0.6 is 0 Å². The van der Waals surface area contributed by atoms with Crippen LogP contribution in [0.4, 0.5) is 0 Å². The van der Waals surface area contributed by atoms with Gasteiger partial charge in [0.1, 0.15) is 5.41 Å². The highest BCUT2D eigenvalue weighted by Gasteiger charge is 2.52. The van der Waals surface area contributed by atoms with Gasteiger partial charge in [-0.25, -0.2) is 0 Å². The summed E-state index contributed by atoms with van der Waals surface area (Å²) < 4.78 is 4.74. The van der Waals surface area contributed by atoms with Crippen LogP contribution in [0.2, 0.25) is 0 Å². The summed E-state index contributed by atoms with van der Waals surface area (Å²) in [5, 5.41) is 3.00. The number of methoxy groups -OCH3 is 1. The number of hydrogen-bond donors (Lipinski definition) is 1. The fourth-order valence-electron chi connectivity index (χ4n) is 2.64. The molecule has 0 spiro atoms. The van der Waals surface area contributed by atoms with Crippen molar-refractivity contribution in [3.05, 3.63) is 0 Å². The molecule has 0 unspecified atom stereocenters. The Bertz CT molecular complexity index is 291. The van der Waals surface area contributed by atoms with Crippen molar-refractivity contribution >= 4 is 11.9 Å². The van der Waals surface area contributed by atoms with Crippen molar-refractivity contribution in [2.24, 2.45) is 5.41 Å². The zero-order chi connectivity index (χ0) is 11.6. The first-order chi connectivity index (χ1) is 7.69. The lowest BCUT2D eigenvalue weighted by Gasteiger charge is -2.37. The second-order valence-corrected chi connectivity index (χ2v) is 4.88. The fourth-order valence-corrected chi connectivity index (χ4v) is 2.64. The minimum atomic E-state index is -0.864. The van der Waals surface area contributed by atoms with Crippen molar-refractivity contribution in [2.45, 2.75) is 51.0 Å². The average molecular weight is 225 g/mol. The van der Waals surface area contributed by atoms with Crippen LogP contribution in [0.5, 0.6) is 0 Å². The molecular weight excluding hydrogens is 206 g/mol. The molecule has 2 fully saturated rings. The average Bonchev–Trinajstić information content (AvgIpc) is 2.68. The highest BCUT2D eigenvalue weighted by molar-refractivity contribution is 6.03. The molecule has 1 amide bonds. The molecule has 0 aromatic carbocycles. The predicted octanol–water partition coefficient (Wildman–Crippen LogP) is 1.39. The molecule has 1 N–H and O–H groups in total. The summed E-state index contributed by atoms with van der Waals surface area (Å²) in [5.74, 6) is -0.480. The molecule has 2 saturated carbocycles. The van der Waals surface area contributed by atoms with E-state index in [9.17, 15) is 9.59 Å². The molecule has 4 heteroatoms. The monoisotopic (exact) mass is 225 g/mol. The quantitative estimate of drug-likeness (QED) is 0.583. The first-order valence-electron chi connectivity index (χ1n) is 6.08. The van der Waals surface area contributed by atoms with E-state index in [2.05, 4.69) is 5.32 Å². The van der Waals surface area contributed by atoms with Crippen LogP contribution in [-0.2, 0) is 14.3 Å². The summed E-state index contributed by atoms with van der Waals surface area (Å²) in [5.41, 5.74) is -0.864. The Balaban J connectivity index is 1.98. The van der Waals surface area contributed by atoms with Gasteiger partial charge in [0, 0.05) is 6.04 Å². The standard InChI is InChI=1S/C12H19NO3/c1-16-11(15)12(7-4-8-12)10(14)13-9-5-2-3-6-9/h9H,2-8H2,1H3,(H,13,14). The number of amides is 1. The molecule has 2 aliphatic rings. The molecule has 0 aromatic heterocycles. The minimum Gasteiger partial charge on any atom is -0.468 e. The molecule has 0 aliphatic heterocycles. The van der Waals surface area contributed by atoms with Crippen molar-refractivity contribution in [3.8, 4) is 0 Å². The van der Waals surface area contributed by atoms with E-state index in [4.69, 9.17) is 4.74 Å². The van der Waals surface area contributed by atoms with Gasteiger partial charge in [-0.15, -0.1) is 0 Å². The van der Waals surface area contributed by atoms with Crippen LogP contribution in [0.1, 0.15) is 44.9 Å².